The van der Waals surface area contributed by atoms with Crippen molar-refractivity contribution >= 4 is 5.69 Å². The van der Waals surface area contributed by atoms with E-state index in [0.717, 1.165) is 57.9 Å². The monoisotopic (exact) mass is 488 g/mol. The smallest absolute Gasteiger partial charge is 0.250 e. The predicted octanol–water partition coefficient (Wildman–Crippen LogP) is 2.45. The number of rotatable bonds is 5. The van der Waals surface area contributed by atoms with Crippen molar-refractivity contribution in [1.29, 1.82) is 0 Å². The van der Waals surface area contributed by atoms with Crippen molar-refractivity contribution in [2.45, 2.75) is 32.0 Å². The molecule has 0 unspecified atom stereocenters. The third kappa shape index (κ3) is 4.58. The fourth-order valence-electron chi connectivity index (χ4n) is 6.12. The van der Waals surface area contributed by atoms with Gasteiger partial charge < -0.3 is 19.0 Å². The molecule has 8 heteroatoms. The van der Waals surface area contributed by atoms with Gasteiger partial charge in [0, 0.05) is 75.2 Å². The van der Waals surface area contributed by atoms with Crippen molar-refractivity contribution < 1.29 is 9.52 Å². The molecule has 3 aliphatic heterocycles. The van der Waals surface area contributed by atoms with Crippen LogP contribution in [0.25, 0.3) is 0 Å². The number of anilines is 1. The van der Waals surface area contributed by atoms with Gasteiger partial charge in [0.25, 0.3) is 5.56 Å². The number of piperidine rings is 1. The maximum absolute atomic E-state index is 12.6. The van der Waals surface area contributed by atoms with E-state index in [1.54, 1.807) is 6.07 Å². The summed E-state index contributed by atoms with van der Waals surface area (Å²) in [6, 6.07) is 17.3. The molecule has 1 aromatic carbocycles. The topological polar surface area (TPSA) is 82.2 Å². The Hall–Kier alpha value is -3.36. The van der Waals surface area contributed by atoms with Crippen LogP contribution in [0, 0.1) is 5.92 Å². The fraction of sp³-hybridized carbons (Fsp3) is 0.429. The first-order valence-electron chi connectivity index (χ1n) is 12.8. The number of hydrogen-bond acceptors (Lipinski definition) is 7. The van der Waals surface area contributed by atoms with E-state index < -0.39 is 0 Å². The van der Waals surface area contributed by atoms with Gasteiger partial charge in [0.05, 0.1) is 13.1 Å². The van der Waals surface area contributed by atoms with Crippen LogP contribution in [0.1, 0.15) is 29.6 Å². The second kappa shape index (κ2) is 9.59. The lowest BCUT2D eigenvalue weighted by Crippen LogP contribution is -2.46. The van der Waals surface area contributed by atoms with E-state index in [1.807, 2.05) is 28.8 Å². The number of hydrogen-bond donors (Lipinski definition) is 1. The van der Waals surface area contributed by atoms with Gasteiger partial charge in [-0.3, -0.25) is 19.4 Å². The molecule has 2 saturated heterocycles. The van der Waals surface area contributed by atoms with Crippen LogP contribution in [0.4, 0.5) is 5.69 Å². The fourth-order valence-corrected chi connectivity index (χ4v) is 6.12. The summed E-state index contributed by atoms with van der Waals surface area (Å²) in [5, 5.41) is 10.5. The number of piperazine rings is 1. The number of benzene rings is 1. The second-order valence-electron chi connectivity index (χ2n) is 10.3. The normalized spacial score (nSPS) is 22.4. The number of fused-ring (bicyclic) bond motifs is 4. The largest absolute Gasteiger partial charge is 0.502 e. The van der Waals surface area contributed by atoms with E-state index in [0.29, 0.717) is 36.4 Å². The van der Waals surface area contributed by atoms with Crippen LogP contribution in [0.2, 0.25) is 0 Å². The molecule has 8 nitrogen and oxygen atoms in total. The molecule has 0 amide bonds. The van der Waals surface area contributed by atoms with Gasteiger partial charge in [-0.15, -0.1) is 0 Å². The molecular weight excluding hydrogens is 456 g/mol. The molecule has 0 spiro atoms. The maximum atomic E-state index is 12.6. The number of para-hydroxylation sites is 1. The molecule has 2 bridgehead atoms. The Morgan fingerprint density at radius 1 is 0.861 bits per heavy atom. The first-order chi connectivity index (χ1) is 17.5. The zero-order valence-electron chi connectivity index (χ0n) is 20.4. The maximum Gasteiger partial charge on any atom is 0.250 e. The molecule has 5 heterocycles. The minimum absolute atomic E-state index is 0.0782. The third-order valence-corrected chi connectivity index (χ3v) is 7.84. The van der Waals surface area contributed by atoms with E-state index in [-0.39, 0.29) is 16.7 Å². The van der Waals surface area contributed by atoms with Gasteiger partial charge in [-0.2, -0.15) is 0 Å². The summed E-state index contributed by atoms with van der Waals surface area (Å²) < 4.78 is 8.04. The van der Waals surface area contributed by atoms with Gasteiger partial charge in [-0.25, -0.2) is 0 Å². The molecule has 2 fully saturated rings. The van der Waals surface area contributed by atoms with Crippen LogP contribution < -0.4 is 15.9 Å². The third-order valence-electron chi connectivity index (χ3n) is 7.84. The van der Waals surface area contributed by atoms with Crippen LogP contribution in [0.15, 0.2) is 68.6 Å². The minimum atomic E-state index is -0.386. The van der Waals surface area contributed by atoms with Crippen LogP contribution in [0.5, 0.6) is 5.75 Å². The molecule has 2 atom stereocenters. The summed E-state index contributed by atoms with van der Waals surface area (Å²) in [6.07, 6.45) is 1.08. The molecule has 1 N–H and O–H groups in total. The van der Waals surface area contributed by atoms with Crippen LogP contribution in [0.3, 0.4) is 0 Å². The molecule has 0 radical (unpaired) electrons. The van der Waals surface area contributed by atoms with Crippen molar-refractivity contribution in [3.8, 4) is 5.75 Å². The highest BCUT2D eigenvalue weighted by Crippen LogP contribution is 2.35. The summed E-state index contributed by atoms with van der Waals surface area (Å²) in [5.41, 5.74) is 2.01. The van der Waals surface area contributed by atoms with Gasteiger partial charge >= 0.3 is 0 Å². The molecule has 0 aliphatic carbocycles. The van der Waals surface area contributed by atoms with Gasteiger partial charge in [0.15, 0.2) is 5.76 Å². The lowest BCUT2D eigenvalue weighted by atomic mass is 9.83. The van der Waals surface area contributed by atoms with E-state index in [2.05, 4.69) is 32.9 Å². The van der Waals surface area contributed by atoms with Crippen LogP contribution in [-0.2, 0) is 19.6 Å². The van der Waals surface area contributed by atoms with Crippen LogP contribution >= 0.6 is 0 Å². The van der Waals surface area contributed by atoms with E-state index >= 15 is 0 Å². The van der Waals surface area contributed by atoms with E-state index in [4.69, 9.17) is 4.42 Å². The molecule has 6 rings (SSSR count). The Morgan fingerprint density at radius 2 is 1.67 bits per heavy atom. The van der Waals surface area contributed by atoms with Gasteiger partial charge in [-0.05, 0) is 30.5 Å². The van der Waals surface area contributed by atoms with Crippen molar-refractivity contribution in [3.63, 3.8) is 0 Å². The summed E-state index contributed by atoms with van der Waals surface area (Å²) in [4.78, 5) is 31.8. The first kappa shape index (κ1) is 23.1. The van der Waals surface area contributed by atoms with Gasteiger partial charge in [0.1, 0.15) is 5.76 Å². The highest BCUT2D eigenvalue weighted by molar-refractivity contribution is 5.46. The van der Waals surface area contributed by atoms with Crippen molar-refractivity contribution in [3.05, 3.63) is 92.4 Å². The number of likely N-dealkylation sites (tertiary alicyclic amines) is 1. The Morgan fingerprint density at radius 3 is 2.47 bits per heavy atom. The average molecular weight is 489 g/mol. The van der Waals surface area contributed by atoms with Crippen molar-refractivity contribution in [2.75, 3.05) is 44.2 Å². The van der Waals surface area contributed by atoms with Crippen molar-refractivity contribution in [1.82, 2.24) is 14.4 Å². The molecule has 3 aliphatic rings. The molecule has 2 aromatic heterocycles. The molecule has 188 valence electrons. The zero-order chi connectivity index (χ0) is 24.6. The number of pyridine rings is 1. The highest BCUT2D eigenvalue weighted by Gasteiger charge is 2.34. The Balaban J connectivity index is 1.13. The summed E-state index contributed by atoms with van der Waals surface area (Å²) in [7, 11) is 0. The lowest BCUT2D eigenvalue weighted by Gasteiger charge is -2.42. The SMILES string of the molecule is O=c1cc(CN2C[C@@H]3C[C@@H](C2)c2cccc(=O)n2C3)oc(CN2CCN(c3ccccc3)CC2)c1O. The van der Waals surface area contributed by atoms with Crippen molar-refractivity contribution in [2.24, 2.45) is 5.92 Å². The Kier molecular flexibility index (Phi) is 6.15. The van der Waals surface area contributed by atoms with Crippen LogP contribution in [-0.4, -0.2) is 58.7 Å². The summed E-state index contributed by atoms with van der Waals surface area (Å²) in [6.45, 7) is 6.79. The highest BCUT2D eigenvalue weighted by atomic mass is 16.4. The second-order valence-corrected chi connectivity index (χ2v) is 10.3. The first-order valence-corrected chi connectivity index (χ1v) is 12.8. The Bertz CT molecular complexity index is 1340. The molecule has 3 aromatic rings. The molecule has 0 saturated carbocycles. The number of aromatic hydroxyl groups is 1. The quantitative estimate of drug-likeness (QED) is 0.591. The Labute approximate surface area is 210 Å². The number of nitrogens with zero attached hydrogens (tertiary/aromatic N) is 4. The summed E-state index contributed by atoms with van der Waals surface area (Å²) >= 11 is 0. The average Bonchev–Trinajstić information content (AvgIpc) is 2.89. The summed E-state index contributed by atoms with van der Waals surface area (Å²) in [5.74, 6) is 1.35. The zero-order valence-corrected chi connectivity index (χ0v) is 20.4. The van der Waals surface area contributed by atoms with Gasteiger partial charge in [0.2, 0.25) is 11.2 Å². The number of aromatic nitrogens is 1. The molecular formula is C28H32N4O4. The predicted molar refractivity (Wildman–Crippen MR) is 137 cm³/mol. The van der Waals surface area contributed by atoms with Gasteiger partial charge in [-0.1, -0.05) is 24.3 Å². The minimum Gasteiger partial charge on any atom is -0.502 e. The molecule has 36 heavy (non-hydrogen) atoms. The van der Waals surface area contributed by atoms with E-state index in [1.165, 1.54) is 11.8 Å². The van der Waals surface area contributed by atoms with E-state index in [9.17, 15) is 14.7 Å². The lowest BCUT2D eigenvalue weighted by molar-refractivity contribution is 0.105. The standard InChI is InChI=1S/C28H32N4O4/c33-25-14-23(18-30-15-20-13-21(17-30)24-7-4-8-27(34)32(24)16-20)36-26(28(25)35)19-29-9-11-31(12-10-29)22-5-2-1-3-6-22/h1-8,14,20-21,35H,9-13,15-19H2/t20-,21-/m0/s1.